The Bertz CT molecular complexity index is 1060. The van der Waals surface area contributed by atoms with Crippen LogP contribution in [0, 0.1) is 13.8 Å². The molecule has 1 heterocycles. The van der Waals surface area contributed by atoms with Gasteiger partial charge in [-0.15, -0.1) is 0 Å². The number of amides is 1. The van der Waals surface area contributed by atoms with Crippen molar-refractivity contribution in [3.05, 3.63) is 52.5 Å². The van der Waals surface area contributed by atoms with Crippen LogP contribution in [-0.4, -0.2) is 48.6 Å². The minimum absolute atomic E-state index is 0.116. The molecule has 1 aromatic heterocycles. The number of fused-ring (bicyclic) bond motifs is 1. The van der Waals surface area contributed by atoms with Crippen LogP contribution in [-0.2, 0) is 4.79 Å². The molecule has 0 atom stereocenters. The lowest BCUT2D eigenvalue weighted by Crippen LogP contribution is -2.49. The van der Waals surface area contributed by atoms with Gasteiger partial charge in [-0.3, -0.25) is 9.69 Å². The molecule has 1 amide bonds. The van der Waals surface area contributed by atoms with E-state index in [-0.39, 0.29) is 5.91 Å². The van der Waals surface area contributed by atoms with Crippen molar-refractivity contribution in [1.82, 2.24) is 9.88 Å². The number of anilines is 1. The first kappa shape index (κ1) is 23.5. The molecular weight excluding hydrogens is 430 g/mol. The maximum absolute atomic E-state index is 13.7. The average molecular weight is 460 g/mol. The Morgan fingerprint density at radius 1 is 1.13 bits per heavy atom. The van der Waals surface area contributed by atoms with Gasteiger partial charge in [0.05, 0.1) is 10.2 Å². The van der Waals surface area contributed by atoms with E-state index in [1.807, 2.05) is 14.1 Å². The van der Waals surface area contributed by atoms with Crippen molar-refractivity contribution in [2.75, 3.05) is 32.1 Å². The van der Waals surface area contributed by atoms with E-state index in [9.17, 15) is 4.79 Å². The zero-order chi connectivity index (χ0) is 22.8. The monoisotopic (exact) mass is 459 g/mol. The Balaban J connectivity index is 1.92. The molecule has 0 bridgehead atoms. The largest absolute Gasteiger partial charge is 0.478 e. The summed E-state index contributed by atoms with van der Waals surface area (Å²) < 4.78 is 7.20. The number of aromatic nitrogens is 1. The number of rotatable bonds is 8. The fourth-order valence-electron chi connectivity index (χ4n) is 3.48. The van der Waals surface area contributed by atoms with Crippen LogP contribution in [0.4, 0.5) is 5.13 Å². The lowest BCUT2D eigenvalue weighted by molar-refractivity contribution is -0.131. The van der Waals surface area contributed by atoms with Gasteiger partial charge in [0.25, 0.3) is 5.91 Å². The minimum atomic E-state index is -1.06. The number of carbonyl (C=O) groups is 1. The molecule has 3 rings (SSSR count). The molecule has 0 aliphatic carbocycles. The maximum Gasteiger partial charge on any atom is 0.272 e. The number of nitrogens with zero attached hydrogens (tertiary/aromatic N) is 3. The summed E-state index contributed by atoms with van der Waals surface area (Å²) in [7, 11) is 4.06. The van der Waals surface area contributed by atoms with E-state index >= 15 is 0 Å². The number of halogens is 1. The predicted octanol–water partition coefficient (Wildman–Crippen LogP) is 5.71. The predicted molar refractivity (Wildman–Crippen MR) is 131 cm³/mol. The highest BCUT2D eigenvalue weighted by Crippen LogP contribution is 2.34. The Kier molecular flexibility index (Phi) is 7.24. The number of hydrogen-bond donors (Lipinski definition) is 0. The van der Waals surface area contributed by atoms with Gasteiger partial charge in [0.15, 0.2) is 10.7 Å². The van der Waals surface area contributed by atoms with Crippen molar-refractivity contribution in [2.24, 2.45) is 0 Å². The number of ether oxygens (including phenoxy) is 1. The van der Waals surface area contributed by atoms with Crippen LogP contribution < -0.4 is 9.64 Å². The standard InChI is InChI=1S/C24H30ClN3O2S/c1-16-14-17(2)21-20(15-16)26-23(31-21)28(13-7-12-27(5)6)22(29)24(3,4)30-19-10-8-18(25)9-11-19/h8-11,14-15H,7,12-13H2,1-6H3. The van der Waals surface area contributed by atoms with Gasteiger partial charge in [0.1, 0.15) is 5.75 Å². The summed E-state index contributed by atoms with van der Waals surface area (Å²) in [6, 6.07) is 11.3. The molecule has 3 aromatic rings. The Hall–Kier alpha value is -2.15. The third-order valence-corrected chi connectivity index (χ3v) is 6.46. The van der Waals surface area contributed by atoms with Crippen LogP contribution in [0.1, 0.15) is 31.4 Å². The van der Waals surface area contributed by atoms with E-state index in [0.29, 0.717) is 22.4 Å². The zero-order valence-corrected chi connectivity index (χ0v) is 20.6. The van der Waals surface area contributed by atoms with Crippen LogP contribution in [0.2, 0.25) is 5.02 Å². The maximum atomic E-state index is 13.7. The van der Waals surface area contributed by atoms with Gasteiger partial charge in [-0.1, -0.05) is 29.0 Å². The SMILES string of the molecule is Cc1cc(C)c2sc(N(CCCN(C)C)C(=O)C(C)(C)Oc3ccc(Cl)cc3)nc2c1. The van der Waals surface area contributed by atoms with E-state index in [4.69, 9.17) is 21.3 Å². The number of hydrogen-bond acceptors (Lipinski definition) is 5. The van der Waals surface area contributed by atoms with Crippen molar-refractivity contribution in [2.45, 2.75) is 39.7 Å². The molecule has 0 N–H and O–H groups in total. The van der Waals surface area contributed by atoms with Gasteiger partial charge in [-0.05, 0) is 96.2 Å². The van der Waals surface area contributed by atoms with Gasteiger partial charge in [0, 0.05) is 11.6 Å². The molecule has 5 nitrogen and oxygen atoms in total. The highest BCUT2D eigenvalue weighted by atomic mass is 35.5. The van der Waals surface area contributed by atoms with E-state index in [1.54, 1.807) is 54.3 Å². The van der Waals surface area contributed by atoms with Crippen molar-refractivity contribution in [1.29, 1.82) is 0 Å². The lowest BCUT2D eigenvalue weighted by atomic mass is 10.1. The molecule has 0 aliphatic rings. The molecule has 31 heavy (non-hydrogen) atoms. The smallest absolute Gasteiger partial charge is 0.272 e. The second kappa shape index (κ2) is 9.55. The molecule has 0 fully saturated rings. The summed E-state index contributed by atoms with van der Waals surface area (Å²) in [5.41, 5.74) is 2.21. The average Bonchev–Trinajstić information content (AvgIpc) is 3.10. The molecule has 0 radical (unpaired) electrons. The highest BCUT2D eigenvalue weighted by molar-refractivity contribution is 7.22. The summed E-state index contributed by atoms with van der Waals surface area (Å²) in [5, 5.41) is 1.34. The molecule has 0 aliphatic heterocycles. The highest BCUT2D eigenvalue weighted by Gasteiger charge is 2.36. The second-order valence-corrected chi connectivity index (χ2v) is 10.0. The fraction of sp³-hybridized carbons (Fsp3) is 0.417. The molecule has 0 spiro atoms. The number of thiazole rings is 1. The van der Waals surface area contributed by atoms with Crippen LogP contribution in [0.5, 0.6) is 5.75 Å². The van der Waals surface area contributed by atoms with Crippen molar-refractivity contribution in [3.8, 4) is 5.75 Å². The third kappa shape index (κ3) is 5.76. The van der Waals surface area contributed by atoms with Crippen LogP contribution >= 0.6 is 22.9 Å². The Morgan fingerprint density at radius 3 is 2.45 bits per heavy atom. The third-order valence-electron chi connectivity index (χ3n) is 4.97. The first-order valence-electron chi connectivity index (χ1n) is 10.4. The zero-order valence-electron chi connectivity index (χ0n) is 19.0. The second-order valence-electron chi connectivity index (χ2n) is 8.61. The summed E-state index contributed by atoms with van der Waals surface area (Å²) in [6.45, 7) is 9.20. The first-order valence-corrected chi connectivity index (χ1v) is 11.6. The van der Waals surface area contributed by atoms with Gasteiger partial charge in [0.2, 0.25) is 0 Å². The van der Waals surface area contributed by atoms with Gasteiger partial charge in [-0.2, -0.15) is 0 Å². The Labute approximate surface area is 193 Å². The fourth-order valence-corrected chi connectivity index (χ4v) is 4.64. The van der Waals surface area contributed by atoms with E-state index in [2.05, 4.69) is 30.9 Å². The van der Waals surface area contributed by atoms with Crippen molar-refractivity contribution < 1.29 is 9.53 Å². The minimum Gasteiger partial charge on any atom is -0.478 e. The first-order chi connectivity index (χ1) is 14.6. The van der Waals surface area contributed by atoms with E-state index < -0.39 is 5.60 Å². The summed E-state index contributed by atoms with van der Waals surface area (Å²) in [4.78, 5) is 22.4. The van der Waals surface area contributed by atoms with E-state index in [1.165, 1.54) is 11.1 Å². The van der Waals surface area contributed by atoms with Crippen LogP contribution in [0.15, 0.2) is 36.4 Å². The van der Waals surface area contributed by atoms with E-state index in [0.717, 1.165) is 23.2 Å². The van der Waals surface area contributed by atoms with Crippen LogP contribution in [0.3, 0.4) is 0 Å². The molecule has 0 saturated heterocycles. The van der Waals surface area contributed by atoms with Gasteiger partial charge in [-0.25, -0.2) is 4.98 Å². The van der Waals surface area contributed by atoms with Gasteiger partial charge < -0.3 is 9.64 Å². The number of aryl methyl sites for hydroxylation is 2. The molecule has 0 unspecified atom stereocenters. The van der Waals surface area contributed by atoms with Crippen molar-refractivity contribution >= 4 is 44.2 Å². The quantitative estimate of drug-likeness (QED) is 0.433. The molecular formula is C24H30ClN3O2S. The normalized spacial score (nSPS) is 11.9. The Morgan fingerprint density at radius 2 is 1.81 bits per heavy atom. The topological polar surface area (TPSA) is 45.7 Å². The van der Waals surface area contributed by atoms with Crippen molar-refractivity contribution in [3.63, 3.8) is 0 Å². The molecule has 166 valence electrons. The molecule has 2 aromatic carbocycles. The van der Waals surface area contributed by atoms with Gasteiger partial charge >= 0.3 is 0 Å². The number of carbonyl (C=O) groups excluding carboxylic acids is 1. The molecule has 7 heteroatoms. The lowest BCUT2D eigenvalue weighted by Gasteiger charge is -2.31. The summed E-state index contributed by atoms with van der Waals surface area (Å²) in [5.74, 6) is 0.487. The molecule has 0 saturated carbocycles. The van der Waals surface area contributed by atoms with Crippen LogP contribution in [0.25, 0.3) is 10.2 Å². The summed E-state index contributed by atoms with van der Waals surface area (Å²) >= 11 is 7.54. The number of benzene rings is 2. The summed E-state index contributed by atoms with van der Waals surface area (Å²) in [6.07, 6.45) is 0.837.